The molecule has 0 bridgehead atoms. The predicted molar refractivity (Wildman–Crippen MR) is 125 cm³/mol. The van der Waals surface area contributed by atoms with Gasteiger partial charge in [0.1, 0.15) is 0 Å². The normalized spacial score (nSPS) is 15.8. The standard InChI is InChI=1S/C22H27NO2.C4H4O4/c24-22(25)16-18-13-15-23(17-18)14-7-12-21(19-8-3-1-4-9-19)20-10-5-2-6-11-20;5-3(6)1-2-4(7)8/h1-6,8-11,18,21H,7,12-17H2,(H,24,25);1-2H,(H,5,6)(H,7,8). The van der Waals surface area contributed by atoms with Gasteiger partial charge in [-0.15, -0.1) is 0 Å². The Balaban J connectivity index is 0.000000414. The SMILES string of the molecule is O=C(O)C=CC(=O)O.O=C(O)CC1CCN(CCCC(c2ccccc2)c2ccccc2)C1. The summed E-state index contributed by atoms with van der Waals surface area (Å²) < 4.78 is 0. The molecule has 176 valence electrons. The maximum absolute atomic E-state index is 10.9. The quantitative estimate of drug-likeness (QED) is 0.464. The number of benzene rings is 2. The second-order valence-electron chi connectivity index (χ2n) is 8.08. The van der Waals surface area contributed by atoms with E-state index in [2.05, 4.69) is 65.6 Å². The van der Waals surface area contributed by atoms with Crippen molar-refractivity contribution in [3.8, 4) is 0 Å². The highest BCUT2D eigenvalue weighted by Gasteiger charge is 2.24. The molecule has 1 heterocycles. The number of aliphatic carboxylic acids is 3. The van der Waals surface area contributed by atoms with Crippen LogP contribution in [0.25, 0.3) is 0 Å². The van der Waals surface area contributed by atoms with Crippen LogP contribution < -0.4 is 0 Å². The highest BCUT2D eigenvalue weighted by molar-refractivity contribution is 5.89. The summed E-state index contributed by atoms with van der Waals surface area (Å²) in [5.74, 6) is -2.42. The van der Waals surface area contributed by atoms with Crippen molar-refractivity contribution in [1.82, 2.24) is 4.90 Å². The van der Waals surface area contributed by atoms with Crippen LogP contribution >= 0.6 is 0 Å². The molecule has 1 saturated heterocycles. The molecule has 1 atom stereocenters. The number of hydrogen-bond acceptors (Lipinski definition) is 4. The fourth-order valence-electron chi connectivity index (χ4n) is 4.09. The van der Waals surface area contributed by atoms with E-state index >= 15 is 0 Å². The van der Waals surface area contributed by atoms with E-state index in [1.54, 1.807) is 0 Å². The summed E-state index contributed by atoms with van der Waals surface area (Å²) in [5, 5.41) is 24.6. The van der Waals surface area contributed by atoms with Gasteiger partial charge in [-0.3, -0.25) is 4.79 Å². The van der Waals surface area contributed by atoms with Gasteiger partial charge >= 0.3 is 17.9 Å². The Morgan fingerprint density at radius 2 is 1.39 bits per heavy atom. The minimum Gasteiger partial charge on any atom is -0.481 e. The molecule has 0 amide bonds. The minimum atomic E-state index is -1.26. The highest BCUT2D eigenvalue weighted by Crippen LogP contribution is 2.29. The lowest BCUT2D eigenvalue weighted by atomic mass is 9.87. The van der Waals surface area contributed by atoms with E-state index in [-0.39, 0.29) is 0 Å². The third-order valence-electron chi connectivity index (χ3n) is 5.57. The van der Waals surface area contributed by atoms with Crippen LogP contribution in [0.2, 0.25) is 0 Å². The van der Waals surface area contributed by atoms with Gasteiger partial charge in [-0.2, -0.15) is 0 Å². The largest absolute Gasteiger partial charge is 0.481 e. The van der Waals surface area contributed by atoms with E-state index in [9.17, 15) is 14.4 Å². The van der Waals surface area contributed by atoms with Gasteiger partial charge in [0.25, 0.3) is 0 Å². The third-order valence-corrected chi connectivity index (χ3v) is 5.57. The van der Waals surface area contributed by atoms with Crippen LogP contribution in [0.4, 0.5) is 0 Å². The summed E-state index contributed by atoms with van der Waals surface area (Å²) in [6, 6.07) is 21.5. The first-order valence-corrected chi connectivity index (χ1v) is 11.0. The molecule has 0 aliphatic carbocycles. The van der Waals surface area contributed by atoms with Crippen LogP contribution in [-0.2, 0) is 14.4 Å². The molecule has 7 nitrogen and oxygen atoms in total. The molecule has 33 heavy (non-hydrogen) atoms. The van der Waals surface area contributed by atoms with Gasteiger partial charge < -0.3 is 20.2 Å². The Labute approximate surface area is 194 Å². The van der Waals surface area contributed by atoms with Gasteiger partial charge in [-0.25, -0.2) is 9.59 Å². The second kappa shape index (κ2) is 13.9. The first kappa shape index (κ1) is 25.8. The lowest BCUT2D eigenvalue weighted by Crippen LogP contribution is -2.23. The lowest BCUT2D eigenvalue weighted by Gasteiger charge is -2.21. The van der Waals surface area contributed by atoms with Crippen molar-refractivity contribution >= 4 is 17.9 Å². The Hall–Kier alpha value is -3.45. The molecule has 0 aromatic heterocycles. The molecule has 7 heteroatoms. The van der Waals surface area contributed by atoms with E-state index in [0.717, 1.165) is 38.9 Å². The van der Waals surface area contributed by atoms with Crippen LogP contribution in [-0.4, -0.2) is 57.8 Å². The van der Waals surface area contributed by atoms with Gasteiger partial charge in [0.05, 0.1) is 0 Å². The second-order valence-corrected chi connectivity index (χ2v) is 8.08. The van der Waals surface area contributed by atoms with Gasteiger partial charge in [0.2, 0.25) is 0 Å². The van der Waals surface area contributed by atoms with Crippen molar-refractivity contribution in [3.05, 3.63) is 83.9 Å². The molecule has 1 aliphatic heterocycles. The Morgan fingerprint density at radius 3 is 1.85 bits per heavy atom. The number of likely N-dealkylation sites (tertiary alicyclic amines) is 1. The number of carbonyl (C=O) groups is 3. The highest BCUT2D eigenvalue weighted by atomic mass is 16.4. The van der Waals surface area contributed by atoms with Crippen LogP contribution in [0, 0.1) is 5.92 Å². The summed E-state index contributed by atoms with van der Waals surface area (Å²) in [7, 11) is 0. The zero-order valence-corrected chi connectivity index (χ0v) is 18.5. The average Bonchev–Trinajstić information content (AvgIpc) is 3.23. The topological polar surface area (TPSA) is 115 Å². The molecule has 3 rings (SSSR count). The zero-order chi connectivity index (χ0) is 24.1. The fourth-order valence-corrected chi connectivity index (χ4v) is 4.09. The van der Waals surface area contributed by atoms with Crippen molar-refractivity contribution < 1.29 is 29.7 Å². The lowest BCUT2D eigenvalue weighted by molar-refractivity contribution is -0.138. The molecule has 0 saturated carbocycles. The Morgan fingerprint density at radius 1 is 0.879 bits per heavy atom. The van der Waals surface area contributed by atoms with E-state index < -0.39 is 17.9 Å². The third kappa shape index (κ3) is 10.1. The molecule has 1 aliphatic rings. The van der Waals surface area contributed by atoms with E-state index in [1.165, 1.54) is 11.1 Å². The van der Waals surface area contributed by atoms with Crippen LogP contribution in [0.3, 0.4) is 0 Å². The van der Waals surface area contributed by atoms with Crippen molar-refractivity contribution in [1.29, 1.82) is 0 Å². The first-order chi connectivity index (χ1) is 15.8. The van der Waals surface area contributed by atoms with Gasteiger partial charge in [-0.05, 0) is 49.4 Å². The number of nitrogens with zero attached hydrogens (tertiary/aromatic N) is 1. The van der Waals surface area contributed by atoms with Crippen LogP contribution in [0.1, 0.15) is 42.7 Å². The van der Waals surface area contributed by atoms with Crippen molar-refractivity contribution in [2.45, 2.75) is 31.6 Å². The molecule has 2 aromatic rings. The maximum Gasteiger partial charge on any atom is 0.328 e. The van der Waals surface area contributed by atoms with E-state index in [4.69, 9.17) is 15.3 Å². The summed E-state index contributed by atoms with van der Waals surface area (Å²) in [6.07, 6.45) is 4.70. The number of hydrogen-bond donors (Lipinski definition) is 3. The number of carboxylic acids is 3. The van der Waals surface area contributed by atoms with Gasteiger partial charge in [0.15, 0.2) is 0 Å². The van der Waals surface area contributed by atoms with Crippen LogP contribution in [0.15, 0.2) is 72.8 Å². The van der Waals surface area contributed by atoms with Crippen molar-refractivity contribution in [3.63, 3.8) is 0 Å². The molecule has 0 radical (unpaired) electrons. The Bertz CT molecular complexity index is 857. The summed E-state index contributed by atoms with van der Waals surface area (Å²) in [4.78, 5) is 32.4. The molecule has 0 spiro atoms. The molecule has 1 fully saturated rings. The monoisotopic (exact) mass is 453 g/mol. The molecule has 2 aromatic carbocycles. The first-order valence-electron chi connectivity index (χ1n) is 11.0. The summed E-state index contributed by atoms with van der Waals surface area (Å²) in [5.41, 5.74) is 2.75. The Kier molecular flexibility index (Phi) is 10.8. The molecule has 1 unspecified atom stereocenters. The smallest absolute Gasteiger partial charge is 0.328 e. The fraction of sp³-hybridized carbons (Fsp3) is 0.346. The van der Waals surface area contributed by atoms with E-state index in [0.29, 0.717) is 30.4 Å². The molecular weight excluding hydrogens is 422 g/mol. The summed E-state index contributed by atoms with van der Waals surface area (Å²) >= 11 is 0. The van der Waals surface area contributed by atoms with Crippen LogP contribution in [0.5, 0.6) is 0 Å². The van der Waals surface area contributed by atoms with Gasteiger partial charge in [-0.1, -0.05) is 60.7 Å². The van der Waals surface area contributed by atoms with E-state index in [1.807, 2.05) is 0 Å². The van der Waals surface area contributed by atoms with Gasteiger partial charge in [0, 0.05) is 31.0 Å². The van der Waals surface area contributed by atoms with Crippen molar-refractivity contribution in [2.75, 3.05) is 19.6 Å². The maximum atomic E-state index is 10.9. The number of carboxylic acid groups (broad SMARTS) is 3. The molecule has 3 N–H and O–H groups in total. The minimum absolute atomic E-state index is 0.313. The predicted octanol–water partition coefficient (Wildman–Crippen LogP) is 4.11. The number of rotatable bonds is 10. The zero-order valence-electron chi connectivity index (χ0n) is 18.5. The molecular formula is C26H31NO6. The summed E-state index contributed by atoms with van der Waals surface area (Å²) in [6.45, 7) is 3.04. The average molecular weight is 454 g/mol. The van der Waals surface area contributed by atoms with Crippen molar-refractivity contribution in [2.24, 2.45) is 5.92 Å².